The highest BCUT2D eigenvalue weighted by molar-refractivity contribution is 7.47. The summed E-state index contributed by atoms with van der Waals surface area (Å²) in [4.78, 5) is 48.5. The molecular weight excluding hydrogens is 928 g/mol. The van der Waals surface area contributed by atoms with Crippen LogP contribution in [0.5, 0.6) is 0 Å². The van der Waals surface area contributed by atoms with Gasteiger partial charge >= 0.3 is 25.7 Å². The summed E-state index contributed by atoms with van der Waals surface area (Å²) in [6.07, 6.45) is 56.7. The summed E-state index contributed by atoms with van der Waals surface area (Å²) in [7, 11) is -4.74. The Morgan fingerprint density at radius 3 is 1.07 bits per heavy atom. The molecule has 0 fully saturated rings. The van der Waals surface area contributed by atoms with Gasteiger partial charge in [0.1, 0.15) is 12.7 Å². The molecular formula is C60H111O11P. The van der Waals surface area contributed by atoms with Gasteiger partial charge in [-0.3, -0.25) is 23.4 Å². The summed E-state index contributed by atoms with van der Waals surface area (Å²) in [5.74, 6) is -1.46. The highest BCUT2D eigenvalue weighted by atomic mass is 31.2. The number of esters is 3. The molecule has 0 aromatic carbocycles. The van der Waals surface area contributed by atoms with Crippen LogP contribution in [0.15, 0.2) is 36.5 Å². The van der Waals surface area contributed by atoms with Gasteiger partial charge in [0.15, 0.2) is 6.10 Å². The number of hydrogen-bond donors (Lipinski definition) is 2. The second-order valence-electron chi connectivity index (χ2n) is 20.2. The number of hydrogen-bond acceptors (Lipinski definition) is 10. The van der Waals surface area contributed by atoms with Crippen LogP contribution in [0.25, 0.3) is 0 Å². The standard InChI is InChI=1S/C60H111O11P/c1-4-7-10-13-16-19-22-24-26-28-30-32-35-37-40-43-46-49-58(62)67-53-57(71-60(64)51-48-45-42-39-36-33-31-29-27-25-23-20-17-14-11-8-5-2)55-69-72(65,66)68-54-56(52-61)70-59(63)50-47-44-41-38-34-21-18-15-12-9-6-3/h17,20,24-27,56-57,61H,4-16,18-19,21-23,28-55H2,1-3H3,(H,65,66)/b20-17-,26-24-,27-25-. The molecule has 11 nitrogen and oxygen atoms in total. The monoisotopic (exact) mass is 1040 g/mol. The lowest BCUT2D eigenvalue weighted by atomic mass is 10.1. The number of aliphatic hydroxyl groups excluding tert-OH is 1. The van der Waals surface area contributed by atoms with E-state index in [2.05, 4.69) is 57.2 Å². The van der Waals surface area contributed by atoms with Crippen LogP contribution in [0, 0.1) is 0 Å². The molecule has 0 aliphatic rings. The maximum Gasteiger partial charge on any atom is 0.472 e. The molecule has 0 saturated heterocycles. The van der Waals surface area contributed by atoms with Gasteiger partial charge in [-0.05, 0) is 77.0 Å². The Morgan fingerprint density at radius 1 is 0.389 bits per heavy atom. The van der Waals surface area contributed by atoms with Crippen LogP contribution >= 0.6 is 7.82 Å². The number of allylic oxidation sites excluding steroid dienone is 6. The van der Waals surface area contributed by atoms with Crippen LogP contribution in [0.4, 0.5) is 0 Å². The normalized spacial score (nSPS) is 13.6. The van der Waals surface area contributed by atoms with Crippen LogP contribution in [0.1, 0.15) is 290 Å². The molecule has 0 amide bonds. The fourth-order valence-corrected chi connectivity index (χ4v) is 9.23. The van der Waals surface area contributed by atoms with Crippen molar-refractivity contribution in [1.29, 1.82) is 0 Å². The molecule has 72 heavy (non-hydrogen) atoms. The van der Waals surface area contributed by atoms with E-state index in [1.165, 1.54) is 148 Å². The summed E-state index contributed by atoms with van der Waals surface area (Å²) in [5, 5.41) is 9.80. The third-order valence-corrected chi connectivity index (χ3v) is 14.0. The van der Waals surface area contributed by atoms with Crippen molar-refractivity contribution in [2.24, 2.45) is 0 Å². The number of aliphatic hydroxyl groups is 1. The first kappa shape index (κ1) is 69.7. The number of phosphoric ester groups is 1. The molecule has 0 bridgehead atoms. The largest absolute Gasteiger partial charge is 0.472 e. The first-order chi connectivity index (χ1) is 35.2. The predicted octanol–water partition coefficient (Wildman–Crippen LogP) is 17.6. The quantitative estimate of drug-likeness (QED) is 0.0197. The van der Waals surface area contributed by atoms with E-state index in [0.717, 1.165) is 83.5 Å². The van der Waals surface area contributed by atoms with Crippen molar-refractivity contribution in [3.8, 4) is 0 Å². The minimum atomic E-state index is -4.74. The molecule has 0 radical (unpaired) electrons. The van der Waals surface area contributed by atoms with Gasteiger partial charge in [0.25, 0.3) is 0 Å². The number of phosphoric acid groups is 1. The van der Waals surface area contributed by atoms with Crippen molar-refractivity contribution in [3.05, 3.63) is 36.5 Å². The van der Waals surface area contributed by atoms with Crippen molar-refractivity contribution in [2.45, 2.75) is 303 Å². The number of carbonyl (C=O) groups is 3. The van der Waals surface area contributed by atoms with Gasteiger partial charge in [0.05, 0.1) is 19.8 Å². The Balaban J connectivity index is 4.71. The molecule has 0 spiro atoms. The number of rotatable bonds is 56. The summed E-state index contributed by atoms with van der Waals surface area (Å²) in [6.45, 7) is 4.63. The Morgan fingerprint density at radius 2 is 0.681 bits per heavy atom. The average Bonchev–Trinajstić information content (AvgIpc) is 3.37. The van der Waals surface area contributed by atoms with E-state index in [4.69, 9.17) is 23.3 Å². The minimum Gasteiger partial charge on any atom is -0.462 e. The van der Waals surface area contributed by atoms with Gasteiger partial charge in [-0.2, -0.15) is 0 Å². The predicted molar refractivity (Wildman–Crippen MR) is 298 cm³/mol. The van der Waals surface area contributed by atoms with Crippen LogP contribution in [0.2, 0.25) is 0 Å². The van der Waals surface area contributed by atoms with Crippen LogP contribution in [-0.2, 0) is 42.2 Å². The molecule has 0 aromatic rings. The van der Waals surface area contributed by atoms with Crippen LogP contribution < -0.4 is 0 Å². The van der Waals surface area contributed by atoms with Crippen molar-refractivity contribution in [2.75, 3.05) is 26.4 Å². The van der Waals surface area contributed by atoms with E-state index >= 15 is 0 Å². The lowest BCUT2D eigenvalue weighted by Crippen LogP contribution is -2.30. The van der Waals surface area contributed by atoms with Crippen LogP contribution in [0.3, 0.4) is 0 Å². The maximum atomic E-state index is 12.9. The topological polar surface area (TPSA) is 155 Å². The Kier molecular flexibility index (Phi) is 53.2. The van der Waals surface area contributed by atoms with E-state index in [-0.39, 0.29) is 25.9 Å². The summed E-state index contributed by atoms with van der Waals surface area (Å²) in [5.41, 5.74) is 0. The van der Waals surface area contributed by atoms with Gasteiger partial charge in [-0.15, -0.1) is 0 Å². The zero-order valence-electron chi connectivity index (χ0n) is 46.7. The van der Waals surface area contributed by atoms with Gasteiger partial charge in [-0.25, -0.2) is 4.57 Å². The average molecular weight is 1040 g/mol. The molecule has 0 saturated carbocycles. The Bertz CT molecular complexity index is 1350. The third-order valence-electron chi connectivity index (χ3n) is 13.0. The molecule has 3 atom stereocenters. The van der Waals surface area contributed by atoms with E-state index in [1.54, 1.807) is 0 Å². The molecule has 0 aromatic heterocycles. The molecule has 12 heteroatoms. The molecule has 0 aliphatic carbocycles. The summed E-state index contributed by atoms with van der Waals surface area (Å²) >= 11 is 0. The van der Waals surface area contributed by atoms with Gasteiger partial charge in [0.2, 0.25) is 0 Å². The zero-order valence-corrected chi connectivity index (χ0v) is 47.6. The van der Waals surface area contributed by atoms with Crippen molar-refractivity contribution >= 4 is 25.7 Å². The Labute approximate surface area is 441 Å². The lowest BCUT2D eigenvalue weighted by Gasteiger charge is -2.21. The number of carbonyl (C=O) groups excluding carboxylic acids is 3. The maximum absolute atomic E-state index is 12.9. The number of unbranched alkanes of at least 4 members (excludes halogenated alkanes) is 33. The van der Waals surface area contributed by atoms with Crippen molar-refractivity contribution in [3.63, 3.8) is 0 Å². The summed E-state index contributed by atoms with van der Waals surface area (Å²) < 4.78 is 39.5. The molecule has 0 rings (SSSR count). The zero-order chi connectivity index (χ0) is 52.7. The van der Waals surface area contributed by atoms with Gasteiger partial charge < -0.3 is 24.2 Å². The van der Waals surface area contributed by atoms with Crippen LogP contribution in [-0.4, -0.2) is 66.5 Å². The minimum absolute atomic E-state index is 0.161. The third kappa shape index (κ3) is 52.6. The lowest BCUT2D eigenvalue weighted by molar-refractivity contribution is -0.161. The summed E-state index contributed by atoms with van der Waals surface area (Å²) in [6, 6.07) is 0. The van der Waals surface area contributed by atoms with E-state index in [0.29, 0.717) is 19.3 Å². The molecule has 422 valence electrons. The second-order valence-corrected chi connectivity index (χ2v) is 21.6. The smallest absolute Gasteiger partial charge is 0.462 e. The fourth-order valence-electron chi connectivity index (χ4n) is 8.44. The number of ether oxygens (including phenoxy) is 3. The molecule has 0 aliphatic heterocycles. The van der Waals surface area contributed by atoms with E-state index in [9.17, 15) is 28.9 Å². The van der Waals surface area contributed by atoms with Gasteiger partial charge in [0, 0.05) is 19.3 Å². The first-order valence-corrected chi connectivity index (χ1v) is 31.4. The van der Waals surface area contributed by atoms with E-state index < -0.39 is 57.8 Å². The molecule has 0 heterocycles. The Hall–Kier alpha value is -2.30. The van der Waals surface area contributed by atoms with Crippen molar-refractivity contribution in [1.82, 2.24) is 0 Å². The molecule has 2 N–H and O–H groups in total. The second kappa shape index (κ2) is 54.9. The highest BCUT2D eigenvalue weighted by Crippen LogP contribution is 2.43. The van der Waals surface area contributed by atoms with Gasteiger partial charge in [-0.1, -0.05) is 231 Å². The fraction of sp³-hybridized carbons (Fsp3) is 0.850. The van der Waals surface area contributed by atoms with Crippen molar-refractivity contribution < 1.29 is 52.2 Å². The van der Waals surface area contributed by atoms with E-state index in [1.807, 2.05) is 0 Å². The SMILES string of the molecule is CCCCC/C=C\C/C=C\CCCCCCCCCC(=O)OC(COC(=O)CCCCCCCCC/C=C\CCCCCCCC)COP(=O)(O)OCC(CO)OC(=O)CCCCCCCCCCCCC. The molecule has 3 unspecified atom stereocenters. The highest BCUT2D eigenvalue weighted by Gasteiger charge is 2.28. The first-order valence-electron chi connectivity index (χ1n) is 29.9.